The van der Waals surface area contributed by atoms with E-state index in [1.807, 2.05) is 0 Å². The average Bonchev–Trinajstić information content (AvgIpc) is 2.77. The average molecular weight is 471 g/mol. The minimum Gasteiger partial charge on any atom is -0.508 e. The monoisotopic (exact) mass is 470 g/mol. The maximum Gasteiger partial charge on any atom is 0.227 e. The summed E-state index contributed by atoms with van der Waals surface area (Å²) in [5.41, 5.74) is 0.732. The van der Waals surface area contributed by atoms with Crippen LogP contribution in [0.5, 0.6) is 5.75 Å². The van der Waals surface area contributed by atoms with Crippen LogP contribution in [0.1, 0.15) is 33.3 Å². The summed E-state index contributed by atoms with van der Waals surface area (Å²) in [5.74, 6) is -0.215. The van der Waals surface area contributed by atoms with Crippen LogP contribution in [-0.2, 0) is 14.3 Å². The Morgan fingerprint density at radius 1 is 1.16 bits per heavy atom. The van der Waals surface area contributed by atoms with E-state index in [2.05, 4.69) is 0 Å². The number of hydrogen-bond donors (Lipinski definition) is 5. The Balaban J connectivity index is 0.00000302. The van der Waals surface area contributed by atoms with Crippen molar-refractivity contribution in [1.29, 1.82) is 0 Å². The molecule has 1 rings (SSSR count). The summed E-state index contributed by atoms with van der Waals surface area (Å²) in [6.07, 6.45) is 1.76. The highest BCUT2D eigenvalue weighted by Gasteiger charge is 2.25. The Hall–Kier alpha value is -2.14. The zero-order valence-corrected chi connectivity index (χ0v) is 19.6. The molecule has 0 amide bonds. The van der Waals surface area contributed by atoms with Gasteiger partial charge in [0.25, 0.3) is 0 Å². The van der Waals surface area contributed by atoms with E-state index in [0.29, 0.717) is 0 Å². The molecule has 0 saturated carbocycles. The zero-order valence-electron chi connectivity index (χ0n) is 18.8. The molecule has 8 nitrogen and oxygen atoms in total. The van der Waals surface area contributed by atoms with Gasteiger partial charge in [-0.3, -0.25) is 4.79 Å². The van der Waals surface area contributed by atoms with Gasteiger partial charge in [-0.15, -0.1) is 0 Å². The quantitative estimate of drug-likeness (QED) is 0.177. The summed E-state index contributed by atoms with van der Waals surface area (Å²) in [5, 5.41) is 47.2. The number of hydrogen-bond acceptors (Lipinski definition) is 9. The molecule has 32 heavy (non-hydrogen) atoms. The lowest BCUT2D eigenvalue weighted by atomic mass is 10.2. The van der Waals surface area contributed by atoms with Crippen molar-refractivity contribution in [1.82, 2.24) is 0 Å². The van der Waals surface area contributed by atoms with Crippen LogP contribution in [0.15, 0.2) is 53.0 Å². The van der Waals surface area contributed by atoms with Crippen molar-refractivity contribution in [2.75, 3.05) is 13.2 Å². The lowest BCUT2D eigenvalue weighted by Gasteiger charge is -2.26. The number of aliphatic hydroxyl groups is 4. The fourth-order valence-corrected chi connectivity index (χ4v) is 2.46. The zero-order chi connectivity index (χ0) is 24.5. The number of aromatic hydroxyl groups is 1. The highest BCUT2D eigenvalue weighted by atomic mass is 32.2. The summed E-state index contributed by atoms with van der Waals surface area (Å²) in [7, 11) is 0. The predicted molar refractivity (Wildman–Crippen MR) is 126 cm³/mol. The fraction of sp³-hybridized carbons (Fsp3) is 0.435. The smallest absolute Gasteiger partial charge is 0.227 e. The Morgan fingerprint density at radius 3 is 2.25 bits per heavy atom. The van der Waals surface area contributed by atoms with Gasteiger partial charge in [0.2, 0.25) is 6.29 Å². The first kappa shape index (κ1) is 29.9. The predicted octanol–water partition coefficient (Wildman–Crippen LogP) is 2.56. The number of rotatable bonds is 12. The van der Waals surface area contributed by atoms with Gasteiger partial charge < -0.3 is 35.0 Å². The highest BCUT2D eigenvalue weighted by molar-refractivity contribution is 8.06. The van der Waals surface area contributed by atoms with Crippen molar-refractivity contribution < 1.29 is 39.8 Å². The second-order valence-electron chi connectivity index (χ2n) is 6.51. The van der Waals surface area contributed by atoms with Gasteiger partial charge in [0.05, 0.1) is 23.7 Å². The van der Waals surface area contributed by atoms with Gasteiger partial charge in [-0.1, -0.05) is 36.0 Å². The van der Waals surface area contributed by atoms with Crippen LogP contribution >= 0.6 is 11.8 Å². The van der Waals surface area contributed by atoms with Crippen LogP contribution in [0.2, 0.25) is 0 Å². The molecule has 1 aromatic rings. The first-order valence-corrected chi connectivity index (χ1v) is 11.0. The van der Waals surface area contributed by atoms with Crippen LogP contribution in [0.4, 0.5) is 0 Å². The molecule has 0 fully saturated rings. The molecule has 0 radical (unpaired) electrons. The maximum absolute atomic E-state index is 12.5. The third-order valence-electron chi connectivity index (χ3n) is 3.73. The van der Waals surface area contributed by atoms with Crippen LogP contribution in [0.25, 0.3) is 6.08 Å². The van der Waals surface area contributed by atoms with Gasteiger partial charge in [0, 0.05) is 6.61 Å². The number of thioether (sulfide) groups is 1. The molecule has 0 saturated heterocycles. The Bertz CT molecular complexity index is 728. The second kappa shape index (κ2) is 17.4. The van der Waals surface area contributed by atoms with E-state index in [1.165, 1.54) is 25.1 Å². The molecule has 0 aliphatic heterocycles. The topological polar surface area (TPSA) is 137 Å². The number of aliphatic hydroxyl groups excluding tert-OH is 4. The molecule has 180 valence electrons. The number of ether oxygens (including phenoxy) is 2. The van der Waals surface area contributed by atoms with Crippen LogP contribution in [0.3, 0.4) is 0 Å². The summed E-state index contributed by atoms with van der Waals surface area (Å²) in [4.78, 5) is 12.8. The van der Waals surface area contributed by atoms with E-state index >= 15 is 0 Å². The summed E-state index contributed by atoms with van der Waals surface area (Å²) < 4.78 is 10.8. The molecule has 5 N–H and O–H groups in total. The first-order chi connectivity index (χ1) is 15.2. The van der Waals surface area contributed by atoms with E-state index in [-0.39, 0.29) is 23.0 Å². The number of phenolic OH excluding ortho intramolecular Hbond substituents is 1. The maximum atomic E-state index is 12.5. The number of benzene rings is 1. The minimum absolute atomic E-state index is 0.131. The van der Waals surface area contributed by atoms with E-state index in [4.69, 9.17) is 14.6 Å². The largest absolute Gasteiger partial charge is 0.508 e. The SMILES string of the molecule is C/C=C\S/C(=C/OC(OC(C)C(C)O)C(O)CO)C(=O)/C=C/c1ccc(O)cc1.CCO. The molecule has 1 aromatic carbocycles. The van der Waals surface area contributed by atoms with Crippen molar-refractivity contribution in [3.8, 4) is 5.75 Å². The second-order valence-corrected chi connectivity index (χ2v) is 7.46. The van der Waals surface area contributed by atoms with Crippen molar-refractivity contribution in [3.05, 3.63) is 58.6 Å². The van der Waals surface area contributed by atoms with Crippen molar-refractivity contribution in [2.24, 2.45) is 0 Å². The van der Waals surface area contributed by atoms with Gasteiger partial charge in [0.15, 0.2) is 5.78 Å². The molecule has 0 aromatic heterocycles. The first-order valence-electron chi connectivity index (χ1n) is 10.1. The fourth-order valence-electron chi connectivity index (χ4n) is 1.88. The summed E-state index contributed by atoms with van der Waals surface area (Å²) in [6, 6.07) is 6.36. The molecule has 4 unspecified atom stereocenters. The standard InChI is InChI=1S/C21H28O7S.C2H6O/c1-4-11-29-20(18(25)10-7-16-5-8-17(24)9-6-16)13-27-21(19(26)12-22)28-15(3)14(2)23;1-2-3/h4-11,13-15,19,21-24,26H,12H2,1-3H3;3H,2H2,1H3/b10-7+,11-4-,20-13+;. The molecule has 0 aliphatic carbocycles. The van der Waals surface area contributed by atoms with Gasteiger partial charge >= 0.3 is 0 Å². The van der Waals surface area contributed by atoms with Crippen molar-refractivity contribution in [2.45, 2.75) is 52.3 Å². The van der Waals surface area contributed by atoms with E-state index < -0.39 is 31.2 Å². The number of phenols is 1. The molecular formula is C23H34O8S. The number of ketones is 1. The van der Waals surface area contributed by atoms with Gasteiger partial charge in [0.1, 0.15) is 18.1 Å². The lowest BCUT2D eigenvalue weighted by molar-refractivity contribution is -0.209. The van der Waals surface area contributed by atoms with Gasteiger partial charge in [-0.25, -0.2) is 0 Å². The van der Waals surface area contributed by atoms with E-state index in [9.17, 15) is 25.2 Å². The molecule has 0 bridgehead atoms. The molecule has 0 spiro atoms. The molecular weight excluding hydrogens is 436 g/mol. The lowest BCUT2D eigenvalue weighted by Crippen LogP contribution is -2.38. The van der Waals surface area contributed by atoms with E-state index in [0.717, 1.165) is 23.6 Å². The Kier molecular flexibility index (Phi) is 16.3. The molecule has 0 heterocycles. The number of carbonyl (C=O) groups is 1. The third kappa shape index (κ3) is 12.7. The Labute approximate surface area is 193 Å². The third-order valence-corrected chi connectivity index (χ3v) is 4.69. The van der Waals surface area contributed by atoms with E-state index in [1.54, 1.807) is 50.5 Å². The van der Waals surface area contributed by atoms with Crippen LogP contribution in [-0.4, -0.2) is 69.1 Å². The number of carbonyl (C=O) groups excluding carboxylic acids is 1. The van der Waals surface area contributed by atoms with Crippen molar-refractivity contribution in [3.63, 3.8) is 0 Å². The Morgan fingerprint density at radius 2 is 1.75 bits per heavy atom. The van der Waals surface area contributed by atoms with Crippen molar-refractivity contribution >= 4 is 23.6 Å². The molecule has 0 aliphatic rings. The van der Waals surface area contributed by atoms with Gasteiger partial charge in [-0.2, -0.15) is 0 Å². The van der Waals surface area contributed by atoms with Crippen LogP contribution in [0, 0.1) is 0 Å². The normalized spacial score (nSPS) is 15.7. The minimum atomic E-state index is -1.36. The van der Waals surface area contributed by atoms with Crippen LogP contribution < -0.4 is 0 Å². The molecule has 4 atom stereocenters. The van der Waals surface area contributed by atoms with Gasteiger partial charge in [-0.05, 0) is 56.9 Å². The molecule has 9 heteroatoms. The summed E-state index contributed by atoms with van der Waals surface area (Å²) >= 11 is 1.12. The highest BCUT2D eigenvalue weighted by Crippen LogP contribution is 2.21. The number of allylic oxidation sites excluding steroid dienone is 3. The summed E-state index contributed by atoms with van der Waals surface area (Å²) in [6.45, 7) is 6.23.